The Hall–Kier alpha value is -3.12. The van der Waals surface area contributed by atoms with Gasteiger partial charge in [-0.3, -0.25) is 20.4 Å². The van der Waals surface area contributed by atoms with Crippen molar-refractivity contribution in [1.82, 2.24) is 5.43 Å². The van der Waals surface area contributed by atoms with E-state index in [0.29, 0.717) is 16.8 Å². The third-order valence-electron chi connectivity index (χ3n) is 3.82. The molecule has 0 heterocycles. The molecule has 0 fully saturated rings. The zero-order chi connectivity index (χ0) is 19.1. The van der Waals surface area contributed by atoms with Gasteiger partial charge in [-0.05, 0) is 30.3 Å². The predicted octanol–water partition coefficient (Wildman–Crippen LogP) is 4.24. The molecule has 0 atom stereocenters. The normalized spacial score (nSPS) is 10.1. The van der Waals surface area contributed by atoms with Crippen LogP contribution in [-0.4, -0.2) is 18.2 Å². The minimum Gasteiger partial charge on any atom is -0.376 e. The zero-order valence-corrected chi connectivity index (χ0v) is 16.0. The van der Waals surface area contributed by atoms with Gasteiger partial charge in [0.1, 0.15) is 0 Å². The van der Waals surface area contributed by atoms with Gasteiger partial charge >= 0.3 is 0 Å². The Labute approximate surface area is 165 Å². The van der Waals surface area contributed by atoms with E-state index in [0.717, 1.165) is 10.2 Å². The SMILES string of the molecule is O=C(CNc1ccc(Br)cc1C(=O)c1ccccc1)NNc1ccccc1. The standard InChI is InChI=1S/C21H18BrN3O2/c22-16-11-12-19(18(13-16)21(27)15-7-3-1-4-8-15)23-14-20(26)25-24-17-9-5-2-6-10-17/h1-13,23-24H,14H2,(H,25,26). The lowest BCUT2D eigenvalue weighted by Crippen LogP contribution is -2.34. The van der Waals surface area contributed by atoms with Crippen molar-refractivity contribution in [2.45, 2.75) is 0 Å². The van der Waals surface area contributed by atoms with Crippen LogP contribution >= 0.6 is 15.9 Å². The number of rotatable bonds is 7. The molecule has 6 heteroatoms. The number of para-hydroxylation sites is 1. The van der Waals surface area contributed by atoms with Gasteiger partial charge in [-0.1, -0.05) is 64.5 Å². The van der Waals surface area contributed by atoms with Crippen molar-refractivity contribution in [2.75, 3.05) is 17.3 Å². The smallest absolute Gasteiger partial charge is 0.257 e. The quantitative estimate of drug-likeness (QED) is 0.392. The summed E-state index contributed by atoms with van der Waals surface area (Å²) < 4.78 is 0.794. The number of halogens is 1. The van der Waals surface area contributed by atoms with E-state index in [1.165, 1.54) is 0 Å². The van der Waals surface area contributed by atoms with Gasteiger partial charge in [-0.25, -0.2) is 0 Å². The number of hydrazine groups is 1. The van der Waals surface area contributed by atoms with Crippen LogP contribution in [0.1, 0.15) is 15.9 Å². The van der Waals surface area contributed by atoms with Crippen LogP contribution in [0, 0.1) is 0 Å². The Balaban J connectivity index is 1.66. The maximum Gasteiger partial charge on any atom is 0.257 e. The lowest BCUT2D eigenvalue weighted by molar-refractivity contribution is -0.118. The third-order valence-corrected chi connectivity index (χ3v) is 4.31. The summed E-state index contributed by atoms with van der Waals surface area (Å²) >= 11 is 3.40. The molecule has 3 aromatic carbocycles. The average Bonchev–Trinajstić information content (AvgIpc) is 2.72. The molecule has 3 aromatic rings. The second kappa shape index (κ2) is 9.00. The van der Waals surface area contributed by atoms with E-state index in [4.69, 9.17) is 0 Å². The predicted molar refractivity (Wildman–Crippen MR) is 111 cm³/mol. The summed E-state index contributed by atoms with van der Waals surface area (Å²) in [6.45, 7) is 0.0243. The van der Waals surface area contributed by atoms with Gasteiger partial charge in [-0.15, -0.1) is 0 Å². The highest BCUT2D eigenvalue weighted by molar-refractivity contribution is 9.10. The molecule has 0 aliphatic rings. The second-order valence-electron chi connectivity index (χ2n) is 5.78. The van der Waals surface area contributed by atoms with E-state index in [1.54, 1.807) is 24.3 Å². The maximum atomic E-state index is 12.8. The summed E-state index contributed by atoms with van der Waals surface area (Å²) in [4.78, 5) is 24.9. The Bertz CT molecular complexity index is 931. The van der Waals surface area contributed by atoms with Crippen molar-refractivity contribution in [3.05, 3.63) is 94.5 Å². The van der Waals surface area contributed by atoms with Gasteiger partial charge in [0, 0.05) is 21.3 Å². The van der Waals surface area contributed by atoms with Crippen LogP contribution in [0.2, 0.25) is 0 Å². The number of hydrogen-bond acceptors (Lipinski definition) is 4. The van der Waals surface area contributed by atoms with Crippen LogP contribution in [0.4, 0.5) is 11.4 Å². The summed E-state index contributed by atoms with van der Waals surface area (Å²) in [6.07, 6.45) is 0. The van der Waals surface area contributed by atoms with E-state index >= 15 is 0 Å². The van der Waals surface area contributed by atoms with Crippen LogP contribution in [-0.2, 0) is 4.79 Å². The maximum absolute atomic E-state index is 12.8. The van der Waals surface area contributed by atoms with Gasteiger partial charge in [0.25, 0.3) is 5.91 Å². The summed E-state index contributed by atoms with van der Waals surface area (Å²) in [5.41, 5.74) is 7.93. The molecule has 3 N–H and O–H groups in total. The molecule has 5 nitrogen and oxygen atoms in total. The van der Waals surface area contributed by atoms with Gasteiger partial charge in [-0.2, -0.15) is 0 Å². The average molecular weight is 424 g/mol. The molecule has 0 unspecified atom stereocenters. The van der Waals surface area contributed by atoms with Gasteiger partial charge < -0.3 is 5.32 Å². The summed E-state index contributed by atoms with van der Waals surface area (Å²) in [5, 5.41) is 3.03. The monoisotopic (exact) mass is 423 g/mol. The summed E-state index contributed by atoms with van der Waals surface area (Å²) in [5.74, 6) is -0.359. The Morgan fingerprint density at radius 2 is 1.52 bits per heavy atom. The Morgan fingerprint density at radius 1 is 0.852 bits per heavy atom. The van der Waals surface area contributed by atoms with Gasteiger partial charge in [0.2, 0.25) is 0 Å². The number of nitrogens with one attached hydrogen (secondary N) is 3. The molecule has 27 heavy (non-hydrogen) atoms. The van der Waals surface area contributed by atoms with Crippen molar-refractivity contribution < 1.29 is 9.59 Å². The molecule has 0 saturated carbocycles. The molecule has 0 bridgehead atoms. The van der Waals surface area contributed by atoms with E-state index in [1.807, 2.05) is 54.6 Å². The fourth-order valence-electron chi connectivity index (χ4n) is 2.49. The number of ketones is 1. The number of anilines is 2. The molecule has 1 amide bonds. The van der Waals surface area contributed by atoms with Crippen LogP contribution in [0.15, 0.2) is 83.3 Å². The zero-order valence-electron chi connectivity index (χ0n) is 14.4. The summed E-state index contributed by atoms with van der Waals surface area (Å²) in [6, 6.07) is 23.7. The third kappa shape index (κ3) is 5.18. The molecule has 0 aliphatic heterocycles. The van der Waals surface area contributed by atoms with Crippen molar-refractivity contribution in [3.63, 3.8) is 0 Å². The first-order valence-corrected chi connectivity index (χ1v) is 9.16. The first kappa shape index (κ1) is 18.7. The first-order chi connectivity index (χ1) is 13.1. The molecule has 0 radical (unpaired) electrons. The molecule has 0 spiro atoms. The van der Waals surface area contributed by atoms with E-state index < -0.39 is 0 Å². The largest absolute Gasteiger partial charge is 0.376 e. The molecule has 0 aromatic heterocycles. The van der Waals surface area contributed by atoms with Crippen molar-refractivity contribution >= 4 is 39.0 Å². The minimum atomic E-state index is -0.250. The number of carbonyl (C=O) groups is 2. The molecule has 0 saturated heterocycles. The molecule has 136 valence electrons. The summed E-state index contributed by atoms with van der Waals surface area (Å²) in [7, 11) is 0. The fourth-order valence-corrected chi connectivity index (χ4v) is 2.85. The van der Waals surface area contributed by atoms with Crippen molar-refractivity contribution in [3.8, 4) is 0 Å². The number of benzene rings is 3. The highest BCUT2D eigenvalue weighted by Crippen LogP contribution is 2.23. The Morgan fingerprint density at radius 3 is 2.22 bits per heavy atom. The highest BCUT2D eigenvalue weighted by atomic mass is 79.9. The van der Waals surface area contributed by atoms with Crippen molar-refractivity contribution in [1.29, 1.82) is 0 Å². The Kier molecular flexibility index (Phi) is 6.22. The van der Waals surface area contributed by atoms with Gasteiger partial charge in [0.15, 0.2) is 5.78 Å². The van der Waals surface area contributed by atoms with Gasteiger partial charge in [0.05, 0.1) is 12.2 Å². The molecule has 3 rings (SSSR count). The number of amides is 1. The van der Waals surface area contributed by atoms with E-state index in [-0.39, 0.29) is 18.2 Å². The van der Waals surface area contributed by atoms with Crippen LogP contribution in [0.3, 0.4) is 0 Å². The lowest BCUT2D eigenvalue weighted by Gasteiger charge is -2.13. The highest BCUT2D eigenvalue weighted by Gasteiger charge is 2.14. The molecule has 0 aliphatic carbocycles. The van der Waals surface area contributed by atoms with Crippen LogP contribution in [0.5, 0.6) is 0 Å². The molecular formula is C21H18BrN3O2. The minimum absolute atomic E-state index is 0.0243. The van der Waals surface area contributed by atoms with Crippen LogP contribution in [0.25, 0.3) is 0 Å². The van der Waals surface area contributed by atoms with Crippen molar-refractivity contribution in [2.24, 2.45) is 0 Å². The lowest BCUT2D eigenvalue weighted by atomic mass is 10.0. The number of carbonyl (C=O) groups excluding carboxylic acids is 2. The second-order valence-corrected chi connectivity index (χ2v) is 6.69. The van der Waals surface area contributed by atoms with E-state index in [2.05, 4.69) is 32.1 Å². The number of hydrogen-bond donors (Lipinski definition) is 3. The van der Waals surface area contributed by atoms with E-state index in [9.17, 15) is 9.59 Å². The topological polar surface area (TPSA) is 70.2 Å². The first-order valence-electron chi connectivity index (χ1n) is 8.36. The fraction of sp³-hybridized carbons (Fsp3) is 0.0476. The molecular weight excluding hydrogens is 406 g/mol. The van der Waals surface area contributed by atoms with Crippen LogP contribution < -0.4 is 16.2 Å².